The van der Waals surface area contributed by atoms with E-state index < -0.39 is 6.04 Å². The summed E-state index contributed by atoms with van der Waals surface area (Å²) in [6.45, 7) is 5.87. The number of H-pyrrole nitrogens is 2. The molecule has 1 unspecified atom stereocenters. The third-order valence-corrected chi connectivity index (χ3v) is 10.8. The molecule has 4 atom stereocenters. The normalized spacial score (nSPS) is 20.0. The van der Waals surface area contributed by atoms with Crippen molar-refractivity contribution in [2.24, 2.45) is 5.73 Å². The maximum atomic E-state index is 14.3. The zero-order valence-corrected chi connectivity index (χ0v) is 30.6. The first-order valence-corrected chi connectivity index (χ1v) is 19.0. The van der Waals surface area contributed by atoms with Crippen molar-refractivity contribution in [1.82, 2.24) is 34.6 Å². The Morgan fingerprint density at radius 1 is 0.722 bits per heavy atom. The molecular weight excluding hydrogens is 677 g/mol. The van der Waals surface area contributed by atoms with Gasteiger partial charge in [0.05, 0.1) is 55.1 Å². The van der Waals surface area contributed by atoms with Crippen molar-refractivity contribution in [3.8, 4) is 34.4 Å². The molecule has 8 rings (SSSR count). The van der Waals surface area contributed by atoms with Crippen molar-refractivity contribution in [3.05, 3.63) is 120 Å². The Morgan fingerprint density at radius 2 is 1.22 bits per heavy atom. The van der Waals surface area contributed by atoms with Crippen molar-refractivity contribution >= 4 is 11.8 Å². The van der Waals surface area contributed by atoms with Crippen LogP contribution >= 0.6 is 0 Å². The lowest BCUT2D eigenvalue weighted by atomic mass is 10.0. The fourth-order valence-corrected chi connectivity index (χ4v) is 7.94. The first-order valence-electron chi connectivity index (χ1n) is 19.0. The highest BCUT2D eigenvalue weighted by Crippen LogP contribution is 2.36. The summed E-state index contributed by atoms with van der Waals surface area (Å²) < 4.78 is 5.61. The Bertz CT molecular complexity index is 2120. The lowest BCUT2D eigenvalue weighted by Crippen LogP contribution is -2.47. The van der Waals surface area contributed by atoms with Crippen LogP contribution < -0.4 is 5.73 Å². The molecule has 3 aromatic carbocycles. The zero-order chi connectivity index (χ0) is 37.0. The van der Waals surface area contributed by atoms with Gasteiger partial charge in [-0.2, -0.15) is 0 Å². The number of amides is 2. The van der Waals surface area contributed by atoms with Crippen LogP contribution in [0, 0.1) is 11.8 Å². The Labute approximate surface area is 315 Å². The van der Waals surface area contributed by atoms with E-state index in [1.807, 2.05) is 76.8 Å². The van der Waals surface area contributed by atoms with Gasteiger partial charge in [0.1, 0.15) is 17.7 Å². The van der Waals surface area contributed by atoms with Crippen molar-refractivity contribution in [2.45, 2.75) is 56.8 Å². The monoisotopic (exact) mass is 722 g/mol. The average molecular weight is 723 g/mol. The van der Waals surface area contributed by atoms with Crippen LogP contribution in [0.4, 0.5) is 0 Å². The third-order valence-electron chi connectivity index (χ3n) is 10.8. The number of likely N-dealkylation sites (tertiary alicyclic amines) is 2. The summed E-state index contributed by atoms with van der Waals surface area (Å²) in [7, 11) is 0. The molecule has 0 spiro atoms. The number of hydrogen-bond acceptors (Lipinski definition) is 7. The van der Waals surface area contributed by atoms with E-state index in [-0.39, 0.29) is 29.9 Å². The third kappa shape index (κ3) is 7.46. The standard InChI is InChI=1S/C43H46N8O3/c1-29(44)42(52)50-21-5-9-37(50)40-45-27-35(47-40)32-17-13-30(14-18-32)11-12-31-15-19-33(20-16-31)36-28-46-41(48-36)38-10-6-22-51(38)43(53)39(34-7-3-2-4-8-34)49-23-25-54-26-24-49/h2-4,7-8,13-20,27-29,37-39H,5-6,9-10,21-26,44H2,1H3,(H,45,47)(H,46,48)/t29?,37-,38-,39+/m0/s1. The number of nitrogens with zero attached hydrogens (tertiary/aromatic N) is 5. The van der Waals surface area contributed by atoms with Crippen LogP contribution in [0.2, 0.25) is 0 Å². The van der Waals surface area contributed by atoms with Gasteiger partial charge >= 0.3 is 0 Å². The van der Waals surface area contributed by atoms with Crippen LogP contribution in [0.5, 0.6) is 0 Å². The lowest BCUT2D eigenvalue weighted by molar-refractivity contribution is -0.140. The van der Waals surface area contributed by atoms with E-state index in [0.717, 1.165) is 89.6 Å². The predicted octanol–water partition coefficient (Wildman–Crippen LogP) is 5.61. The highest BCUT2D eigenvalue weighted by atomic mass is 16.5. The van der Waals surface area contributed by atoms with E-state index in [1.54, 1.807) is 6.92 Å². The maximum Gasteiger partial charge on any atom is 0.245 e. The van der Waals surface area contributed by atoms with Gasteiger partial charge in [-0.25, -0.2) is 9.97 Å². The van der Waals surface area contributed by atoms with E-state index in [4.69, 9.17) is 15.5 Å². The first-order chi connectivity index (χ1) is 26.4. The molecule has 0 bridgehead atoms. The van der Waals surface area contributed by atoms with E-state index in [0.29, 0.717) is 26.3 Å². The average Bonchev–Trinajstić information content (AvgIpc) is 4.05. The predicted molar refractivity (Wildman–Crippen MR) is 207 cm³/mol. The van der Waals surface area contributed by atoms with E-state index in [1.165, 1.54) is 0 Å². The Kier molecular flexibility index (Phi) is 10.4. The van der Waals surface area contributed by atoms with Crippen molar-refractivity contribution in [1.29, 1.82) is 0 Å². The number of carbonyl (C=O) groups excluding carboxylic acids is 2. The molecule has 54 heavy (non-hydrogen) atoms. The van der Waals surface area contributed by atoms with Gasteiger partial charge in [0.15, 0.2) is 0 Å². The number of aromatic nitrogens is 4. The number of nitrogens with one attached hydrogen (secondary N) is 2. The quantitative estimate of drug-likeness (QED) is 0.177. The topological polar surface area (TPSA) is 136 Å². The second kappa shape index (κ2) is 15.8. The minimum atomic E-state index is -0.524. The molecular formula is C43H46N8O3. The largest absolute Gasteiger partial charge is 0.379 e. The molecule has 2 aromatic heterocycles. The summed E-state index contributed by atoms with van der Waals surface area (Å²) in [5.41, 5.74) is 12.5. The molecule has 276 valence electrons. The van der Waals surface area contributed by atoms with E-state index in [2.05, 4.69) is 56.0 Å². The number of imidazole rings is 2. The Hall–Kier alpha value is -5.54. The maximum absolute atomic E-state index is 14.3. The van der Waals surface area contributed by atoms with Gasteiger partial charge in [-0.15, -0.1) is 0 Å². The van der Waals surface area contributed by atoms with Gasteiger partial charge < -0.3 is 30.2 Å². The molecule has 0 aliphatic carbocycles. The Balaban J connectivity index is 0.915. The summed E-state index contributed by atoms with van der Waals surface area (Å²) in [5.74, 6) is 8.26. The second-order valence-corrected chi connectivity index (χ2v) is 14.4. The van der Waals surface area contributed by atoms with Gasteiger partial charge in [-0.3, -0.25) is 14.5 Å². The first kappa shape index (κ1) is 35.5. The van der Waals surface area contributed by atoms with Crippen LogP contribution in [0.1, 0.15) is 79.1 Å². The molecule has 11 nitrogen and oxygen atoms in total. The fraction of sp³-hybridized carbons (Fsp3) is 0.349. The van der Waals surface area contributed by atoms with Gasteiger partial charge in [0, 0.05) is 37.3 Å². The minimum absolute atomic E-state index is 0.0404. The number of nitrogens with two attached hydrogens (primary N) is 1. The SMILES string of the molecule is CC(N)C(=O)N1CCC[C@H]1c1ncc(-c2ccc(C#Cc3ccc(-c4cnc([C@@H]5CCCN5C(=O)[C@@H](c5ccccc5)N5CCOCC5)[nH]4)cc3)cc2)[nH]1. The summed E-state index contributed by atoms with van der Waals surface area (Å²) in [6.07, 6.45) is 7.31. The highest BCUT2D eigenvalue weighted by Gasteiger charge is 2.39. The number of aromatic amines is 2. The number of morpholine rings is 1. The molecule has 3 aliphatic rings. The number of ether oxygens (including phenoxy) is 1. The van der Waals surface area contributed by atoms with Crippen LogP contribution in [0.3, 0.4) is 0 Å². The molecule has 2 amide bonds. The van der Waals surface area contributed by atoms with Crippen molar-refractivity contribution in [2.75, 3.05) is 39.4 Å². The van der Waals surface area contributed by atoms with Gasteiger partial charge in [0.2, 0.25) is 11.8 Å². The van der Waals surface area contributed by atoms with Gasteiger partial charge in [-0.1, -0.05) is 66.4 Å². The molecule has 4 N–H and O–H groups in total. The second-order valence-electron chi connectivity index (χ2n) is 14.4. The molecule has 11 heteroatoms. The molecule has 5 heterocycles. The molecule has 3 fully saturated rings. The lowest BCUT2D eigenvalue weighted by Gasteiger charge is -2.37. The smallest absolute Gasteiger partial charge is 0.245 e. The van der Waals surface area contributed by atoms with Crippen LogP contribution in [0.15, 0.2) is 91.3 Å². The Morgan fingerprint density at radius 3 is 1.72 bits per heavy atom. The zero-order valence-electron chi connectivity index (χ0n) is 30.6. The number of rotatable bonds is 8. The molecule has 0 saturated carbocycles. The minimum Gasteiger partial charge on any atom is -0.379 e. The molecule has 3 aliphatic heterocycles. The van der Waals surface area contributed by atoms with E-state index >= 15 is 0 Å². The highest BCUT2D eigenvalue weighted by molar-refractivity contribution is 5.84. The molecule has 0 radical (unpaired) electrons. The summed E-state index contributed by atoms with van der Waals surface area (Å²) >= 11 is 0. The van der Waals surface area contributed by atoms with Gasteiger partial charge in [-0.05, 0) is 73.6 Å². The van der Waals surface area contributed by atoms with Gasteiger partial charge in [0.25, 0.3) is 0 Å². The summed E-state index contributed by atoms with van der Waals surface area (Å²) in [6, 6.07) is 25.3. The number of hydrogen-bond donors (Lipinski definition) is 3. The van der Waals surface area contributed by atoms with Crippen LogP contribution in [0.25, 0.3) is 22.5 Å². The van der Waals surface area contributed by atoms with E-state index in [9.17, 15) is 9.59 Å². The number of benzene rings is 3. The summed E-state index contributed by atoms with van der Waals surface area (Å²) in [4.78, 5) is 49.3. The van der Waals surface area contributed by atoms with Crippen LogP contribution in [-0.4, -0.2) is 91.9 Å². The van der Waals surface area contributed by atoms with Crippen LogP contribution in [-0.2, 0) is 14.3 Å². The molecule has 5 aromatic rings. The number of carbonyl (C=O) groups is 2. The fourth-order valence-electron chi connectivity index (χ4n) is 7.94. The summed E-state index contributed by atoms with van der Waals surface area (Å²) in [5, 5.41) is 0. The molecule has 3 saturated heterocycles. The van der Waals surface area contributed by atoms with Crippen molar-refractivity contribution < 1.29 is 14.3 Å². The van der Waals surface area contributed by atoms with Crippen molar-refractivity contribution in [3.63, 3.8) is 0 Å².